The number of hydrogen-bond donors (Lipinski definition) is 2. The Balaban J connectivity index is 1.95. The van der Waals surface area contributed by atoms with Gasteiger partial charge in [-0.05, 0) is 31.5 Å². The van der Waals surface area contributed by atoms with Crippen LogP contribution in [0.5, 0.6) is 0 Å². The van der Waals surface area contributed by atoms with E-state index in [1.165, 1.54) is 23.1 Å². The molecule has 2 aromatic rings. The van der Waals surface area contributed by atoms with Gasteiger partial charge in [0.2, 0.25) is 5.91 Å². The third-order valence-electron chi connectivity index (χ3n) is 2.67. The summed E-state index contributed by atoms with van der Waals surface area (Å²) in [5.41, 5.74) is 1.83. The Kier molecular flexibility index (Phi) is 4.98. The fourth-order valence-corrected chi connectivity index (χ4v) is 3.08. The van der Waals surface area contributed by atoms with Crippen LogP contribution in [0.4, 0.5) is 5.13 Å². The van der Waals surface area contributed by atoms with Crippen LogP contribution >= 0.6 is 23.1 Å². The number of thiazole rings is 1. The van der Waals surface area contributed by atoms with E-state index in [4.69, 9.17) is 5.11 Å². The minimum atomic E-state index is -0.960. The highest BCUT2D eigenvalue weighted by atomic mass is 32.2. The van der Waals surface area contributed by atoms with E-state index in [2.05, 4.69) is 10.3 Å². The molecule has 0 saturated heterocycles. The first-order valence-corrected chi connectivity index (χ1v) is 8.01. The highest BCUT2D eigenvalue weighted by molar-refractivity contribution is 8.00. The summed E-state index contributed by atoms with van der Waals surface area (Å²) in [6.45, 7) is 3.61. The van der Waals surface area contributed by atoms with Crippen molar-refractivity contribution in [1.29, 1.82) is 0 Å². The van der Waals surface area contributed by atoms with Gasteiger partial charge < -0.3 is 10.4 Å². The Labute approximate surface area is 130 Å². The number of anilines is 1. The number of carbonyl (C=O) groups is 2. The Bertz CT molecular complexity index is 683. The number of aryl methyl sites for hydroxylation is 2. The monoisotopic (exact) mass is 322 g/mol. The molecule has 110 valence electrons. The minimum Gasteiger partial charge on any atom is -0.478 e. The van der Waals surface area contributed by atoms with E-state index < -0.39 is 5.97 Å². The van der Waals surface area contributed by atoms with Gasteiger partial charge in [-0.3, -0.25) is 4.79 Å². The number of aromatic nitrogens is 1. The number of rotatable bonds is 5. The van der Waals surface area contributed by atoms with Crippen LogP contribution in [0.15, 0.2) is 28.5 Å². The molecule has 1 heterocycles. The van der Waals surface area contributed by atoms with Gasteiger partial charge in [-0.25, -0.2) is 9.78 Å². The van der Waals surface area contributed by atoms with Crippen LogP contribution < -0.4 is 5.32 Å². The second kappa shape index (κ2) is 6.73. The van der Waals surface area contributed by atoms with Crippen molar-refractivity contribution in [2.24, 2.45) is 0 Å². The standard InChI is InChI=1S/C14H14N2O3S2/c1-8-3-4-10(5-11(8)13(18)19)20-7-12(17)16-14-15-9(2)6-21-14/h3-6H,7H2,1-2H3,(H,18,19)(H,15,16,17). The van der Waals surface area contributed by atoms with Gasteiger partial charge in [-0.2, -0.15) is 0 Å². The number of carboxylic acid groups (broad SMARTS) is 1. The van der Waals surface area contributed by atoms with E-state index in [1.807, 2.05) is 18.4 Å². The highest BCUT2D eigenvalue weighted by Gasteiger charge is 2.10. The Morgan fingerprint density at radius 1 is 1.38 bits per heavy atom. The van der Waals surface area contributed by atoms with E-state index in [0.717, 1.165) is 10.6 Å². The summed E-state index contributed by atoms with van der Waals surface area (Å²) in [6, 6.07) is 5.14. The van der Waals surface area contributed by atoms with Gasteiger partial charge in [-0.15, -0.1) is 23.1 Å². The van der Waals surface area contributed by atoms with Crippen molar-refractivity contribution in [2.45, 2.75) is 18.7 Å². The van der Waals surface area contributed by atoms with Crippen molar-refractivity contribution in [2.75, 3.05) is 11.1 Å². The average molecular weight is 322 g/mol. The van der Waals surface area contributed by atoms with Crippen molar-refractivity contribution in [1.82, 2.24) is 4.98 Å². The molecule has 0 aliphatic heterocycles. The summed E-state index contributed by atoms with van der Waals surface area (Å²) >= 11 is 2.67. The molecule has 0 radical (unpaired) electrons. The lowest BCUT2D eigenvalue weighted by atomic mass is 10.1. The largest absolute Gasteiger partial charge is 0.478 e. The fraction of sp³-hybridized carbons (Fsp3) is 0.214. The van der Waals surface area contributed by atoms with E-state index in [-0.39, 0.29) is 17.2 Å². The summed E-state index contributed by atoms with van der Waals surface area (Å²) in [6.07, 6.45) is 0. The molecule has 0 atom stereocenters. The average Bonchev–Trinajstić information content (AvgIpc) is 2.82. The molecule has 0 saturated carbocycles. The van der Waals surface area contributed by atoms with Crippen LogP contribution in [0.25, 0.3) is 0 Å². The maximum absolute atomic E-state index is 11.8. The van der Waals surface area contributed by atoms with Crippen molar-refractivity contribution in [3.05, 3.63) is 40.4 Å². The number of aromatic carboxylic acids is 1. The van der Waals surface area contributed by atoms with Crippen LogP contribution in [0.2, 0.25) is 0 Å². The van der Waals surface area contributed by atoms with Crippen LogP contribution in [0.1, 0.15) is 21.6 Å². The number of amides is 1. The van der Waals surface area contributed by atoms with Gasteiger partial charge in [0.25, 0.3) is 0 Å². The second-order valence-corrected chi connectivity index (χ2v) is 6.32. The molecule has 0 spiro atoms. The molecule has 0 aliphatic carbocycles. The molecule has 2 rings (SSSR count). The summed E-state index contributed by atoms with van der Waals surface area (Å²) in [7, 11) is 0. The number of carboxylic acids is 1. The molecular formula is C14H14N2O3S2. The third kappa shape index (κ3) is 4.30. The first-order chi connectivity index (χ1) is 9.95. The fourth-order valence-electron chi connectivity index (χ4n) is 1.64. The number of carbonyl (C=O) groups excluding carboxylic acids is 1. The lowest BCUT2D eigenvalue weighted by molar-refractivity contribution is -0.113. The van der Waals surface area contributed by atoms with Crippen LogP contribution in [0, 0.1) is 13.8 Å². The molecule has 2 N–H and O–H groups in total. The van der Waals surface area contributed by atoms with Crippen molar-refractivity contribution < 1.29 is 14.7 Å². The van der Waals surface area contributed by atoms with Crippen LogP contribution in [-0.2, 0) is 4.79 Å². The number of nitrogens with one attached hydrogen (secondary N) is 1. The zero-order valence-electron chi connectivity index (χ0n) is 11.5. The Morgan fingerprint density at radius 3 is 2.76 bits per heavy atom. The Morgan fingerprint density at radius 2 is 2.14 bits per heavy atom. The van der Waals surface area contributed by atoms with Gasteiger partial charge in [0.05, 0.1) is 17.0 Å². The summed E-state index contributed by atoms with van der Waals surface area (Å²) in [5.74, 6) is -0.912. The number of hydrogen-bond acceptors (Lipinski definition) is 5. The van der Waals surface area contributed by atoms with Crippen LogP contribution in [0.3, 0.4) is 0 Å². The predicted molar refractivity (Wildman–Crippen MR) is 84.3 cm³/mol. The molecule has 1 amide bonds. The zero-order chi connectivity index (χ0) is 15.4. The van der Waals surface area contributed by atoms with E-state index in [0.29, 0.717) is 10.7 Å². The summed E-state index contributed by atoms with van der Waals surface area (Å²) < 4.78 is 0. The second-order valence-electron chi connectivity index (χ2n) is 4.41. The molecule has 21 heavy (non-hydrogen) atoms. The number of nitrogens with zero attached hydrogens (tertiary/aromatic N) is 1. The number of benzene rings is 1. The van der Waals surface area contributed by atoms with Crippen molar-refractivity contribution in [3.8, 4) is 0 Å². The molecule has 0 unspecified atom stereocenters. The molecule has 7 heteroatoms. The van der Waals surface area contributed by atoms with Crippen LogP contribution in [-0.4, -0.2) is 27.7 Å². The Hall–Kier alpha value is -1.86. The first-order valence-electron chi connectivity index (χ1n) is 6.14. The topological polar surface area (TPSA) is 79.3 Å². The van der Waals surface area contributed by atoms with Crippen molar-refractivity contribution in [3.63, 3.8) is 0 Å². The highest BCUT2D eigenvalue weighted by Crippen LogP contribution is 2.22. The summed E-state index contributed by atoms with van der Waals surface area (Å²) in [4.78, 5) is 27.8. The zero-order valence-corrected chi connectivity index (χ0v) is 13.2. The molecule has 0 fully saturated rings. The van der Waals surface area contributed by atoms with Gasteiger partial charge in [0, 0.05) is 10.3 Å². The van der Waals surface area contributed by atoms with E-state index in [9.17, 15) is 9.59 Å². The quantitative estimate of drug-likeness (QED) is 0.827. The van der Waals surface area contributed by atoms with Gasteiger partial charge in [-0.1, -0.05) is 6.07 Å². The SMILES string of the molecule is Cc1csc(NC(=O)CSc2ccc(C)c(C(=O)O)c2)n1. The van der Waals surface area contributed by atoms with Gasteiger partial charge in [0.15, 0.2) is 5.13 Å². The molecule has 0 aliphatic rings. The number of thioether (sulfide) groups is 1. The smallest absolute Gasteiger partial charge is 0.335 e. The molecule has 5 nitrogen and oxygen atoms in total. The minimum absolute atomic E-state index is 0.160. The molecule has 0 bridgehead atoms. The molecule has 1 aromatic heterocycles. The molecule has 1 aromatic carbocycles. The summed E-state index contributed by atoms with van der Waals surface area (Å²) in [5, 5.41) is 14.2. The van der Waals surface area contributed by atoms with E-state index >= 15 is 0 Å². The predicted octanol–water partition coefficient (Wildman–Crippen LogP) is 3.19. The maximum atomic E-state index is 11.8. The lowest BCUT2D eigenvalue weighted by Crippen LogP contribution is -2.13. The lowest BCUT2D eigenvalue weighted by Gasteiger charge is -2.05. The van der Waals surface area contributed by atoms with Crippen molar-refractivity contribution >= 4 is 40.1 Å². The van der Waals surface area contributed by atoms with Gasteiger partial charge >= 0.3 is 5.97 Å². The third-order valence-corrected chi connectivity index (χ3v) is 4.54. The van der Waals surface area contributed by atoms with E-state index in [1.54, 1.807) is 19.1 Å². The molecular weight excluding hydrogens is 308 g/mol. The maximum Gasteiger partial charge on any atom is 0.335 e. The first kappa shape index (κ1) is 15.5. The van der Waals surface area contributed by atoms with Gasteiger partial charge in [0.1, 0.15) is 0 Å². The normalized spacial score (nSPS) is 10.4.